The summed E-state index contributed by atoms with van der Waals surface area (Å²) in [7, 11) is -3.53. The maximum absolute atomic E-state index is 13.2. The Labute approximate surface area is 186 Å². The summed E-state index contributed by atoms with van der Waals surface area (Å²) in [5.74, 6) is -0.285. The quantitative estimate of drug-likeness (QED) is 0.456. The molecule has 1 fully saturated rings. The number of fused-ring (bicyclic) bond motifs is 1. The highest BCUT2D eigenvalue weighted by atomic mass is 32.2. The molecule has 4 aromatic rings. The van der Waals surface area contributed by atoms with Gasteiger partial charge in [0.05, 0.1) is 21.7 Å². The number of nitrogens with zero attached hydrogens (tertiary/aromatic N) is 1. The van der Waals surface area contributed by atoms with E-state index in [1.165, 1.54) is 12.1 Å². The van der Waals surface area contributed by atoms with E-state index >= 15 is 0 Å². The second kappa shape index (κ2) is 8.18. The van der Waals surface area contributed by atoms with E-state index in [1.54, 1.807) is 18.2 Å². The molecule has 7 heteroatoms. The van der Waals surface area contributed by atoms with Crippen molar-refractivity contribution in [2.24, 2.45) is 0 Å². The Balaban J connectivity index is 1.44. The first-order valence-electron chi connectivity index (χ1n) is 10.4. The molecule has 5 rings (SSSR count). The number of benzene rings is 3. The van der Waals surface area contributed by atoms with Crippen molar-refractivity contribution in [3.05, 3.63) is 90.5 Å². The fraction of sp³-hybridized carbons (Fsp3) is 0.120. The zero-order valence-corrected chi connectivity index (χ0v) is 18.0. The number of hydrogen-bond donors (Lipinski definition) is 2. The van der Waals surface area contributed by atoms with Gasteiger partial charge >= 0.3 is 0 Å². The number of carbonyl (C=O) groups is 1. The number of anilines is 1. The summed E-state index contributed by atoms with van der Waals surface area (Å²) in [6.45, 7) is 0. The van der Waals surface area contributed by atoms with Crippen LogP contribution >= 0.6 is 0 Å². The van der Waals surface area contributed by atoms with Crippen LogP contribution in [0.25, 0.3) is 22.2 Å². The fourth-order valence-corrected chi connectivity index (χ4v) is 4.83. The average Bonchev–Trinajstić information content (AvgIpc) is 3.62. The first-order valence-corrected chi connectivity index (χ1v) is 11.9. The van der Waals surface area contributed by atoms with Gasteiger partial charge in [0.1, 0.15) is 0 Å². The predicted octanol–water partition coefficient (Wildman–Crippen LogP) is 4.59. The summed E-state index contributed by atoms with van der Waals surface area (Å²) in [6, 6.07) is 25.2. The van der Waals surface area contributed by atoms with Crippen LogP contribution in [0.3, 0.4) is 0 Å². The van der Waals surface area contributed by atoms with Crippen LogP contribution < -0.4 is 10.0 Å². The molecule has 0 saturated heterocycles. The summed E-state index contributed by atoms with van der Waals surface area (Å²) in [5, 5.41) is 3.63. The van der Waals surface area contributed by atoms with Crippen molar-refractivity contribution in [1.82, 2.24) is 9.71 Å². The number of rotatable bonds is 6. The van der Waals surface area contributed by atoms with E-state index in [-0.39, 0.29) is 16.8 Å². The molecule has 1 saturated carbocycles. The van der Waals surface area contributed by atoms with Crippen LogP contribution in [0.15, 0.2) is 89.8 Å². The molecule has 1 heterocycles. The summed E-state index contributed by atoms with van der Waals surface area (Å²) in [4.78, 5) is 18.1. The minimum Gasteiger partial charge on any atom is -0.322 e. The van der Waals surface area contributed by atoms with E-state index in [0.29, 0.717) is 16.9 Å². The molecule has 0 bridgehead atoms. The number of hydrogen-bond acceptors (Lipinski definition) is 4. The lowest BCUT2D eigenvalue weighted by atomic mass is 10.0. The number of para-hydroxylation sites is 1. The van der Waals surface area contributed by atoms with Crippen molar-refractivity contribution in [2.45, 2.75) is 23.8 Å². The van der Waals surface area contributed by atoms with Gasteiger partial charge in [-0.25, -0.2) is 18.1 Å². The third-order valence-electron chi connectivity index (χ3n) is 5.35. The molecular formula is C25H21N3O3S. The Hall–Kier alpha value is -3.55. The van der Waals surface area contributed by atoms with Crippen LogP contribution in [0.4, 0.5) is 5.69 Å². The molecule has 0 unspecified atom stereocenters. The zero-order chi connectivity index (χ0) is 22.1. The van der Waals surface area contributed by atoms with Crippen molar-refractivity contribution in [2.75, 3.05) is 5.32 Å². The Bertz CT molecular complexity index is 1400. The van der Waals surface area contributed by atoms with E-state index in [0.717, 1.165) is 29.3 Å². The third-order valence-corrected chi connectivity index (χ3v) is 6.89. The standard InChI is InChI=1S/C25H21N3O3S/c29-25(26-18-12-14-20(15-13-18)32(30,31)28-19-10-11-19)22-16-24(17-6-2-1-3-7-17)27-23-9-5-4-8-21(22)23/h1-9,12-16,19,28H,10-11H2,(H,26,29). The normalized spacial score (nSPS) is 13.8. The summed E-state index contributed by atoms with van der Waals surface area (Å²) in [5.41, 5.74) is 3.38. The Morgan fingerprint density at radius 1 is 0.875 bits per heavy atom. The number of pyridine rings is 1. The molecule has 0 aliphatic heterocycles. The number of amides is 1. The van der Waals surface area contributed by atoms with Gasteiger partial charge in [-0.2, -0.15) is 0 Å². The largest absolute Gasteiger partial charge is 0.322 e. The summed E-state index contributed by atoms with van der Waals surface area (Å²) < 4.78 is 27.4. The molecule has 1 amide bonds. The third kappa shape index (κ3) is 4.26. The first kappa shape index (κ1) is 20.4. The molecule has 3 aromatic carbocycles. The molecule has 0 atom stereocenters. The van der Waals surface area contributed by atoms with Crippen LogP contribution in [-0.4, -0.2) is 25.4 Å². The molecule has 6 nitrogen and oxygen atoms in total. The molecule has 32 heavy (non-hydrogen) atoms. The first-order chi connectivity index (χ1) is 15.5. The van der Waals surface area contributed by atoms with Gasteiger partial charge < -0.3 is 5.32 Å². The molecule has 160 valence electrons. The van der Waals surface area contributed by atoms with E-state index in [9.17, 15) is 13.2 Å². The van der Waals surface area contributed by atoms with Gasteiger partial charge in [0.2, 0.25) is 10.0 Å². The molecule has 1 aliphatic rings. The highest BCUT2D eigenvalue weighted by molar-refractivity contribution is 7.89. The maximum Gasteiger partial charge on any atom is 0.256 e. The smallest absolute Gasteiger partial charge is 0.256 e. The summed E-state index contributed by atoms with van der Waals surface area (Å²) in [6.07, 6.45) is 1.75. The van der Waals surface area contributed by atoms with Crippen LogP contribution in [0, 0.1) is 0 Å². The fourth-order valence-electron chi connectivity index (χ4n) is 3.52. The van der Waals surface area contributed by atoms with Crippen LogP contribution in [0.5, 0.6) is 0 Å². The lowest BCUT2D eigenvalue weighted by Crippen LogP contribution is -2.25. The van der Waals surface area contributed by atoms with E-state index in [2.05, 4.69) is 10.0 Å². The molecule has 0 radical (unpaired) electrons. The molecule has 0 spiro atoms. The van der Waals surface area contributed by atoms with E-state index in [4.69, 9.17) is 4.98 Å². The Morgan fingerprint density at radius 2 is 1.56 bits per heavy atom. The topological polar surface area (TPSA) is 88.2 Å². The minimum atomic E-state index is -3.53. The SMILES string of the molecule is O=C(Nc1ccc(S(=O)(=O)NC2CC2)cc1)c1cc(-c2ccccc2)nc2ccccc12. The van der Waals surface area contributed by atoms with Gasteiger partial charge in [0.15, 0.2) is 0 Å². The Kier molecular flexibility index (Phi) is 5.20. The van der Waals surface area contributed by atoms with Crippen molar-refractivity contribution >= 4 is 32.5 Å². The molecule has 2 N–H and O–H groups in total. The second-order valence-electron chi connectivity index (χ2n) is 7.81. The van der Waals surface area contributed by atoms with Gasteiger partial charge in [0.25, 0.3) is 5.91 Å². The highest BCUT2D eigenvalue weighted by Crippen LogP contribution is 2.26. The van der Waals surface area contributed by atoms with E-state index in [1.807, 2.05) is 54.6 Å². The van der Waals surface area contributed by atoms with Gasteiger partial charge in [0, 0.05) is 22.7 Å². The van der Waals surface area contributed by atoms with Gasteiger partial charge in [-0.3, -0.25) is 4.79 Å². The van der Waals surface area contributed by atoms with Gasteiger partial charge in [-0.05, 0) is 49.2 Å². The monoisotopic (exact) mass is 443 g/mol. The van der Waals surface area contributed by atoms with Crippen molar-refractivity contribution < 1.29 is 13.2 Å². The van der Waals surface area contributed by atoms with Crippen molar-refractivity contribution in [1.29, 1.82) is 0 Å². The van der Waals surface area contributed by atoms with Gasteiger partial charge in [-0.15, -0.1) is 0 Å². The predicted molar refractivity (Wildman–Crippen MR) is 125 cm³/mol. The molecule has 1 aromatic heterocycles. The zero-order valence-electron chi connectivity index (χ0n) is 17.2. The van der Waals surface area contributed by atoms with Gasteiger partial charge in [-0.1, -0.05) is 48.5 Å². The Morgan fingerprint density at radius 3 is 2.28 bits per heavy atom. The van der Waals surface area contributed by atoms with Crippen LogP contribution in [0.1, 0.15) is 23.2 Å². The average molecular weight is 444 g/mol. The highest BCUT2D eigenvalue weighted by Gasteiger charge is 2.27. The molecular weight excluding hydrogens is 422 g/mol. The maximum atomic E-state index is 13.2. The number of aromatic nitrogens is 1. The minimum absolute atomic E-state index is 0.0400. The number of carbonyl (C=O) groups excluding carboxylic acids is 1. The lowest BCUT2D eigenvalue weighted by Gasteiger charge is -2.11. The number of sulfonamides is 1. The lowest BCUT2D eigenvalue weighted by molar-refractivity contribution is 0.102. The van der Waals surface area contributed by atoms with Crippen molar-refractivity contribution in [3.8, 4) is 11.3 Å². The van der Waals surface area contributed by atoms with Crippen LogP contribution in [0.2, 0.25) is 0 Å². The van der Waals surface area contributed by atoms with Crippen molar-refractivity contribution in [3.63, 3.8) is 0 Å². The second-order valence-corrected chi connectivity index (χ2v) is 9.53. The van der Waals surface area contributed by atoms with E-state index < -0.39 is 10.0 Å². The summed E-state index contributed by atoms with van der Waals surface area (Å²) >= 11 is 0. The molecule has 1 aliphatic carbocycles. The van der Waals surface area contributed by atoms with Crippen LogP contribution in [-0.2, 0) is 10.0 Å². The number of nitrogens with one attached hydrogen (secondary N) is 2.